The van der Waals surface area contributed by atoms with Crippen LogP contribution >= 0.6 is 17.2 Å². The Balaban J connectivity index is 1.60. The van der Waals surface area contributed by atoms with Crippen molar-refractivity contribution in [3.05, 3.63) is 151 Å². The van der Waals surface area contributed by atoms with Gasteiger partial charge in [0.25, 0.3) is 0 Å². The minimum atomic E-state index is -3.43. The van der Waals surface area contributed by atoms with Crippen LogP contribution in [-0.4, -0.2) is 0 Å². The van der Waals surface area contributed by atoms with E-state index in [2.05, 4.69) is 146 Å². The molecule has 7 aromatic rings. The van der Waals surface area contributed by atoms with Crippen LogP contribution < -0.4 is 15.9 Å². The maximum atomic E-state index is 8.43. The summed E-state index contributed by atoms with van der Waals surface area (Å²) in [6.45, 7) is 0. The van der Waals surface area contributed by atoms with Crippen molar-refractivity contribution >= 4 is 65.4 Å². The molecule has 0 saturated carbocycles. The van der Waals surface area contributed by atoms with Gasteiger partial charge in [0, 0.05) is 0 Å². The Morgan fingerprint density at radius 3 is 1.35 bits per heavy atom. The second kappa shape index (κ2) is 8.42. The van der Waals surface area contributed by atoms with E-state index in [4.69, 9.17) is 11.2 Å². The van der Waals surface area contributed by atoms with Crippen LogP contribution in [-0.2, 0) is 6.16 Å². The summed E-state index contributed by atoms with van der Waals surface area (Å²) < 4.78 is 0. The van der Waals surface area contributed by atoms with Gasteiger partial charge in [0.15, 0.2) is 0 Å². The molecule has 0 N–H and O–H groups in total. The van der Waals surface area contributed by atoms with Crippen LogP contribution in [0.2, 0.25) is 0 Å². The Hall–Kier alpha value is -3.70. The van der Waals surface area contributed by atoms with Crippen LogP contribution in [0, 0.1) is 0 Å². The van der Waals surface area contributed by atoms with Crippen molar-refractivity contribution in [3.63, 3.8) is 0 Å². The van der Waals surface area contributed by atoms with Crippen molar-refractivity contribution in [2.24, 2.45) is 0 Å². The molecular formula is C35H26ClP. The molecule has 0 atom stereocenters. The van der Waals surface area contributed by atoms with Crippen LogP contribution in [0.1, 0.15) is 5.56 Å². The van der Waals surface area contributed by atoms with Gasteiger partial charge in [-0.15, -0.1) is 0 Å². The maximum absolute atomic E-state index is 8.43. The van der Waals surface area contributed by atoms with E-state index >= 15 is 0 Å². The molecule has 0 saturated heterocycles. The standard InChI is InChI=1S/C35H26ClP/c36-37(30-13-4-1-5-14-30,31-15-6-2-7-16-31,32-17-8-3-9-18-32)25-29-22-21-28-20-19-26-11-10-12-27-23-24-33(29)35(28)34(26)27/h1-24H,25H2. The monoisotopic (exact) mass is 512 g/mol. The van der Waals surface area contributed by atoms with E-state index in [1.807, 2.05) is 0 Å². The van der Waals surface area contributed by atoms with Gasteiger partial charge in [-0.3, -0.25) is 0 Å². The van der Waals surface area contributed by atoms with Gasteiger partial charge in [0.1, 0.15) is 0 Å². The molecule has 0 aliphatic rings. The van der Waals surface area contributed by atoms with Gasteiger partial charge in [0.2, 0.25) is 0 Å². The molecule has 0 heterocycles. The van der Waals surface area contributed by atoms with E-state index in [1.165, 1.54) is 53.8 Å². The van der Waals surface area contributed by atoms with Crippen molar-refractivity contribution in [1.29, 1.82) is 0 Å². The summed E-state index contributed by atoms with van der Waals surface area (Å²) >= 11 is 8.43. The summed E-state index contributed by atoms with van der Waals surface area (Å²) in [5.74, 6) is -3.43. The fourth-order valence-electron chi connectivity index (χ4n) is 6.19. The van der Waals surface area contributed by atoms with E-state index in [9.17, 15) is 0 Å². The molecule has 7 rings (SSSR count). The van der Waals surface area contributed by atoms with Crippen LogP contribution in [0.4, 0.5) is 0 Å². The van der Waals surface area contributed by atoms with Crippen molar-refractivity contribution < 1.29 is 0 Å². The SMILES string of the molecule is ClP(Cc1ccc2ccc3cccc4ccc1c2c34)(c1ccccc1)(c1ccccc1)c1ccccc1. The average molecular weight is 513 g/mol. The van der Waals surface area contributed by atoms with Crippen molar-refractivity contribution in [2.45, 2.75) is 6.16 Å². The summed E-state index contributed by atoms with van der Waals surface area (Å²) in [6, 6.07) is 52.5. The fourth-order valence-corrected chi connectivity index (χ4v) is 12.3. The molecule has 7 aromatic carbocycles. The first-order valence-corrected chi connectivity index (χ1v) is 16.0. The van der Waals surface area contributed by atoms with E-state index in [0.29, 0.717) is 0 Å². The Morgan fingerprint density at radius 2 is 0.838 bits per heavy atom. The van der Waals surface area contributed by atoms with Crippen LogP contribution in [0.5, 0.6) is 0 Å². The third kappa shape index (κ3) is 3.27. The Kier molecular flexibility index (Phi) is 5.12. The molecule has 0 aliphatic carbocycles. The van der Waals surface area contributed by atoms with Crippen molar-refractivity contribution in [2.75, 3.05) is 0 Å². The van der Waals surface area contributed by atoms with Gasteiger partial charge in [-0.25, -0.2) is 0 Å². The van der Waals surface area contributed by atoms with Crippen LogP contribution in [0.25, 0.3) is 32.3 Å². The summed E-state index contributed by atoms with van der Waals surface area (Å²) in [4.78, 5) is 0. The molecule has 0 unspecified atom stereocenters. The quantitative estimate of drug-likeness (QED) is 0.160. The van der Waals surface area contributed by atoms with Gasteiger partial charge in [-0.2, -0.15) is 0 Å². The number of hydrogen-bond acceptors (Lipinski definition) is 0. The second-order valence-corrected chi connectivity index (χ2v) is 16.4. The first-order chi connectivity index (χ1) is 18.2. The summed E-state index contributed by atoms with van der Waals surface area (Å²) in [7, 11) is 0. The Labute approximate surface area is 222 Å². The van der Waals surface area contributed by atoms with Crippen LogP contribution in [0.15, 0.2) is 146 Å². The summed E-state index contributed by atoms with van der Waals surface area (Å²) in [5, 5.41) is 11.4. The second-order valence-electron chi connectivity index (χ2n) is 9.93. The number of rotatable bonds is 5. The fraction of sp³-hybridized carbons (Fsp3) is 0.0286. The summed E-state index contributed by atoms with van der Waals surface area (Å²) in [6.07, 6.45) is 0.735. The summed E-state index contributed by atoms with van der Waals surface area (Å²) in [5.41, 5.74) is 1.29. The predicted molar refractivity (Wildman–Crippen MR) is 165 cm³/mol. The van der Waals surface area contributed by atoms with Gasteiger partial charge in [-0.1, -0.05) is 0 Å². The van der Waals surface area contributed by atoms with E-state index < -0.39 is 5.96 Å². The normalized spacial score (nSPS) is 13.2. The van der Waals surface area contributed by atoms with Crippen molar-refractivity contribution in [3.8, 4) is 0 Å². The zero-order chi connectivity index (χ0) is 24.9. The molecule has 0 aromatic heterocycles. The minimum absolute atomic E-state index is 0.735. The molecule has 0 bridgehead atoms. The first kappa shape index (κ1) is 22.5. The molecule has 0 amide bonds. The molecule has 0 aliphatic heterocycles. The third-order valence-corrected chi connectivity index (χ3v) is 15.1. The zero-order valence-corrected chi connectivity index (χ0v) is 22.0. The molecule has 0 spiro atoms. The molecule has 0 radical (unpaired) electrons. The molecule has 0 fully saturated rings. The molecule has 178 valence electrons. The van der Waals surface area contributed by atoms with Gasteiger partial charge >= 0.3 is 223 Å². The predicted octanol–water partition coefficient (Wildman–Crippen LogP) is 8.77. The first-order valence-electron chi connectivity index (χ1n) is 12.7. The third-order valence-electron chi connectivity index (χ3n) is 7.97. The Morgan fingerprint density at radius 1 is 0.405 bits per heavy atom. The van der Waals surface area contributed by atoms with Gasteiger partial charge < -0.3 is 0 Å². The number of benzene rings is 7. The van der Waals surface area contributed by atoms with Gasteiger partial charge in [0.05, 0.1) is 0 Å². The topological polar surface area (TPSA) is 0 Å². The van der Waals surface area contributed by atoms with E-state index in [0.717, 1.165) is 6.16 Å². The number of halogens is 1. The zero-order valence-electron chi connectivity index (χ0n) is 20.4. The molecule has 37 heavy (non-hydrogen) atoms. The van der Waals surface area contributed by atoms with Crippen molar-refractivity contribution in [1.82, 2.24) is 0 Å². The molecule has 0 nitrogen and oxygen atoms in total. The Bertz CT molecular complexity index is 1750. The van der Waals surface area contributed by atoms with Gasteiger partial charge in [-0.05, 0) is 0 Å². The van der Waals surface area contributed by atoms with Crippen LogP contribution in [0.3, 0.4) is 0 Å². The van der Waals surface area contributed by atoms with E-state index in [1.54, 1.807) is 0 Å². The molecular weight excluding hydrogens is 487 g/mol. The number of hydrogen-bond donors (Lipinski definition) is 0. The van der Waals surface area contributed by atoms with E-state index in [-0.39, 0.29) is 0 Å². The average Bonchev–Trinajstić information content (AvgIpc) is 2.98. The molecule has 2 heteroatoms.